The summed E-state index contributed by atoms with van der Waals surface area (Å²) in [7, 11) is 0. The van der Waals surface area contributed by atoms with Crippen LogP contribution >= 0.6 is 0 Å². The lowest BCUT2D eigenvalue weighted by Crippen LogP contribution is -2.31. The Morgan fingerprint density at radius 1 is 0.964 bits per heavy atom. The van der Waals surface area contributed by atoms with E-state index in [-0.39, 0.29) is 5.91 Å². The van der Waals surface area contributed by atoms with Crippen LogP contribution in [-0.2, 0) is 6.61 Å². The molecule has 0 aliphatic heterocycles. The van der Waals surface area contributed by atoms with E-state index >= 15 is 0 Å². The first-order chi connectivity index (χ1) is 13.7. The van der Waals surface area contributed by atoms with Crippen LogP contribution in [-0.4, -0.2) is 33.9 Å². The minimum absolute atomic E-state index is 0.107. The zero-order valence-electron chi connectivity index (χ0n) is 16.1. The van der Waals surface area contributed by atoms with Gasteiger partial charge in [-0.25, -0.2) is 9.97 Å². The van der Waals surface area contributed by atoms with E-state index in [4.69, 9.17) is 4.74 Å². The second-order valence-corrected chi connectivity index (χ2v) is 6.19. The minimum atomic E-state index is -0.107. The molecule has 2 aromatic carbocycles. The number of aromatic nitrogens is 2. The Bertz CT molecular complexity index is 877. The van der Waals surface area contributed by atoms with E-state index in [0.29, 0.717) is 31.2 Å². The molecule has 6 nitrogen and oxygen atoms in total. The average Bonchev–Trinajstić information content (AvgIpc) is 2.75. The molecule has 0 aliphatic rings. The van der Waals surface area contributed by atoms with Gasteiger partial charge in [-0.2, -0.15) is 0 Å². The van der Waals surface area contributed by atoms with Gasteiger partial charge in [0.25, 0.3) is 5.91 Å². The van der Waals surface area contributed by atoms with E-state index in [1.807, 2.05) is 68.4 Å². The number of benzene rings is 2. The topological polar surface area (TPSA) is 67.4 Å². The van der Waals surface area contributed by atoms with Gasteiger partial charge >= 0.3 is 0 Å². The van der Waals surface area contributed by atoms with Crippen molar-refractivity contribution in [3.8, 4) is 5.75 Å². The molecule has 0 saturated carbocycles. The standard InChI is InChI=1S/C22H24N4O2/c1-3-26(4-2)22(27)20-14-24-21(15-23-20)25-18-10-12-19(13-11-18)28-16-17-8-6-5-7-9-17/h5-15H,3-4,16H2,1-2H3,(H,24,25). The third kappa shape index (κ3) is 5.07. The number of carbonyl (C=O) groups is 1. The Morgan fingerprint density at radius 2 is 1.68 bits per heavy atom. The van der Waals surface area contributed by atoms with Gasteiger partial charge in [0.1, 0.15) is 23.9 Å². The summed E-state index contributed by atoms with van der Waals surface area (Å²) in [5, 5.41) is 3.17. The monoisotopic (exact) mass is 376 g/mol. The summed E-state index contributed by atoms with van der Waals surface area (Å²) in [6.45, 7) is 5.71. The highest BCUT2D eigenvalue weighted by molar-refractivity contribution is 5.92. The van der Waals surface area contributed by atoms with Gasteiger partial charge in [0.15, 0.2) is 0 Å². The third-order valence-electron chi connectivity index (χ3n) is 4.30. The fraction of sp³-hybridized carbons (Fsp3) is 0.227. The second-order valence-electron chi connectivity index (χ2n) is 6.19. The first-order valence-electron chi connectivity index (χ1n) is 9.34. The van der Waals surface area contributed by atoms with Gasteiger partial charge < -0.3 is 15.0 Å². The first kappa shape index (κ1) is 19.4. The van der Waals surface area contributed by atoms with Gasteiger partial charge in [-0.15, -0.1) is 0 Å². The van der Waals surface area contributed by atoms with Crippen molar-refractivity contribution in [2.45, 2.75) is 20.5 Å². The molecule has 1 amide bonds. The Hall–Kier alpha value is -3.41. The molecule has 0 spiro atoms. The molecule has 0 fully saturated rings. The van der Waals surface area contributed by atoms with Gasteiger partial charge in [0, 0.05) is 18.8 Å². The van der Waals surface area contributed by atoms with Crippen molar-refractivity contribution in [1.29, 1.82) is 0 Å². The quantitative estimate of drug-likeness (QED) is 0.635. The zero-order chi connectivity index (χ0) is 19.8. The van der Waals surface area contributed by atoms with Crippen molar-refractivity contribution in [3.63, 3.8) is 0 Å². The lowest BCUT2D eigenvalue weighted by molar-refractivity contribution is 0.0766. The predicted octanol–water partition coefficient (Wildman–Crippen LogP) is 4.28. The smallest absolute Gasteiger partial charge is 0.274 e. The lowest BCUT2D eigenvalue weighted by Gasteiger charge is -2.17. The van der Waals surface area contributed by atoms with Crippen molar-refractivity contribution in [2.24, 2.45) is 0 Å². The molecule has 28 heavy (non-hydrogen) atoms. The third-order valence-corrected chi connectivity index (χ3v) is 4.30. The van der Waals surface area contributed by atoms with E-state index in [1.165, 1.54) is 6.20 Å². The number of hydrogen-bond donors (Lipinski definition) is 1. The highest BCUT2D eigenvalue weighted by Gasteiger charge is 2.14. The molecule has 0 atom stereocenters. The van der Waals surface area contributed by atoms with Gasteiger partial charge in [-0.05, 0) is 43.7 Å². The highest BCUT2D eigenvalue weighted by atomic mass is 16.5. The van der Waals surface area contributed by atoms with Gasteiger partial charge in [-0.1, -0.05) is 30.3 Å². The zero-order valence-corrected chi connectivity index (χ0v) is 16.1. The van der Waals surface area contributed by atoms with E-state index in [2.05, 4.69) is 15.3 Å². The Morgan fingerprint density at radius 3 is 2.29 bits per heavy atom. The Balaban J connectivity index is 1.57. The number of carbonyl (C=O) groups excluding carboxylic acids is 1. The van der Waals surface area contributed by atoms with Crippen molar-refractivity contribution < 1.29 is 9.53 Å². The molecular weight excluding hydrogens is 352 g/mol. The number of rotatable bonds is 8. The summed E-state index contributed by atoms with van der Waals surface area (Å²) in [6, 6.07) is 17.7. The SMILES string of the molecule is CCN(CC)C(=O)c1cnc(Nc2ccc(OCc3ccccc3)cc2)cn1. The normalized spacial score (nSPS) is 10.4. The summed E-state index contributed by atoms with van der Waals surface area (Å²) in [5.74, 6) is 1.26. The summed E-state index contributed by atoms with van der Waals surface area (Å²) in [6.07, 6.45) is 3.07. The summed E-state index contributed by atoms with van der Waals surface area (Å²) in [4.78, 5) is 22.5. The lowest BCUT2D eigenvalue weighted by atomic mass is 10.2. The fourth-order valence-electron chi connectivity index (χ4n) is 2.70. The van der Waals surface area contributed by atoms with Crippen LogP contribution < -0.4 is 10.1 Å². The number of nitrogens with zero attached hydrogens (tertiary/aromatic N) is 3. The van der Waals surface area contributed by atoms with Crippen LogP contribution in [0.5, 0.6) is 5.75 Å². The Labute approximate surface area is 165 Å². The summed E-state index contributed by atoms with van der Waals surface area (Å²) >= 11 is 0. The largest absolute Gasteiger partial charge is 0.489 e. The summed E-state index contributed by atoms with van der Waals surface area (Å²) in [5.41, 5.74) is 2.34. The van der Waals surface area contributed by atoms with Crippen molar-refractivity contribution >= 4 is 17.4 Å². The summed E-state index contributed by atoms with van der Waals surface area (Å²) < 4.78 is 5.79. The van der Waals surface area contributed by atoms with E-state index in [0.717, 1.165) is 17.0 Å². The van der Waals surface area contributed by atoms with Crippen LogP contribution in [0.4, 0.5) is 11.5 Å². The van der Waals surface area contributed by atoms with Crippen LogP contribution in [0.15, 0.2) is 67.0 Å². The fourth-order valence-corrected chi connectivity index (χ4v) is 2.70. The number of nitrogens with one attached hydrogen (secondary N) is 1. The van der Waals surface area contributed by atoms with Gasteiger partial charge in [-0.3, -0.25) is 4.79 Å². The molecule has 1 aromatic heterocycles. The molecule has 1 N–H and O–H groups in total. The maximum absolute atomic E-state index is 12.3. The molecule has 0 saturated heterocycles. The maximum Gasteiger partial charge on any atom is 0.274 e. The van der Waals surface area contributed by atoms with E-state index < -0.39 is 0 Å². The molecule has 1 heterocycles. The molecule has 0 unspecified atom stereocenters. The highest BCUT2D eigenvalue weighted by Crippen LogP contribution is 2.19. The minimum Gasteiger partial charge on any atom is -0.489 e. The number of hydrogen-bond acceptors (Lipinski definition) is 5. The van der Waals surface area contributed by atoms with Crippen LogP contribution in [0.3, 0.4) is 0 Å². The van der Waals surface area contributed by atoms with Crippen molar-refractivity contribution in [1.82, 2.24) is 14.9 Å². The number of amides is 1. The number of anilines is 2. The molecule has 0 radical (unpaired) electrons. The van der Waals surface area contributed by atoms with Crippen molar-refractivity contribution in [3.05, 3.63) is 78.2 Å². The number of ether oxygens (including phenoxy) is 1. The van der Waals surface area contributed by atoms with Crippen LogP contribution in [0.25, 0.3) is 0 Å². The average molecular weight is 376 g/mol. The molecule has 6 heteroatoms. The van der Waals surface area contributed by atoms with Gasteiger partial charge in [0.2, 0.25) is 0 Å². The van der Waals surface area contributed by atoms with E-state index in [1.54, 1.807) is 11.1 Å². The first-order valence-corrected chi connectivity index (χ1v) is 9.34. The van der Waals surface area contributed by atoms with Gasteiger partial charge in [0.05, 0.1) is 12.4 Å². The maximum atomic E-state index is 12.3. The van der Waals surface area contributed by atoms with Crippen LogP contribution in [0.1, 0.15) is 29.9 Å². The van der Waals surface area contributed by atoms with Crippen LogP contribution in [0.2, 0.25) is 0 Å². The van der Waals surface area contributed by atoms with Crippen molar-refractivity contribution in [2.75, 3.05) is 18.4 Å². The van der Waals surface area contributed by atoms with Crippen LogP contribution in [0, 0.1) is 0 Å². The molecular formula is C22H24N4O2. The predicted molar refractivity (Wildman–Crippen MR) is 110 cm³/mol. The Kier molecular flexibility index (Phi) is 6.57. The van der Waals surface area contributed by atoms with E-state index in [9.17, 15) is 4.79 Å². The molecule has 0 bridgehead atoms. The molecule has 144 valence electrons. The second kappa shape index (κ2) is 9.50. The molecule has 3 rings (SSSR count). The molecule has 3 aromatic rings. The molecule has 0 aliphatic carbocycles.